The summed E-state index contributed by atoms with van der Waals surface area (Å²) < 4.78 is 25.0. The molecule has 1 heterocycles. The number of aromatic nitrogens is 1. The molecule has 0 bridgehead atoms. The Morgan fingerprint density at radius 2 is 2.00 bits per heavy atom. The summed E-state index contributed by atoms with van der Waals surface area (Å²) in [6, 6.07) is 7.65. The van der Waals surface area contributed by atoms with E-state index < -0.39 is 26.2 Å². The van der Waals surface area contributed by atoms with Gasteiger partial charge in [0.05, 0.1) is 10.9 Å². The van der Waals surface area contributed by atoms with Crippen LogP contribution in [0.25, 0.3) is 11.3 Å². The maximum Gasteiger partial charge on any atom is 0.244 e. The number of anilines is 1. The highest BCUT2D eigenvalue weighted by Crippen LogP contribution is 2.27. The Kier molecular flexibility index (Phi) is 5.59. The first-order valence-electron chi connectivity index (χ1n) is 6.97. The van der Waals surface area contributed by atoms with Crippen LogP contribution in [0.3, 0.4) is 0 Å². The highest BCUT2D eigenvalue weighted by atomic mass is 79.9. The van der Waals surface area contributed by atoms with E-state index >= 15 is 0 Å². The molecule has 0 saturated carbocycles. The number of sulfone groups is 1. The van der Waals surface area contributed by atoms with Gasteiger partial charge >= 0.3 is 0 Å². The molecule has 0 aliphatic rings. The fourth-order valence-electron chi connectivity index (χ4n) is 1.88. The molecule has 0 aliphatic heterocycles. The number of hydrogen-bond acceptors (Lipinski definition) is 5. The maximum absolute atomic E-state index is 12.1. The van der Waals surface area contributed by atoms with Crippen molar-refractivity contribution in [2.24, 2.45) is 0 Å². The Labute approximate surface area is 148 Å². The lowest BCUT2D eigenvalue weighted by Gasteiger charge is -2.14. The number of nitrogens with zero attached hydrogens (tertiary/aromatic N) is 1. The third-order valence-corrected chi connectivity index (χ3v) is 7.14. The van der Waals surface area contributed by atoms with Gasteiger partial charge in [0.2, 0.25) is 5.91 Å². The van der Waals surface area contributed by atoms with E-state index in [2.05, 4.69) is 26.2 Å². The molecule has 1 N–H and O–H groups in total. The number of hydrogen-bond donors (Lipinski definition) is 1. The summed E-state index contributed by atoms with van der Waals surface area (Å²) >= 11 is 4.66. The second-order valence-corrected chi connectivity index (χ2v) is 9.92. The van der Waals surface area contributed by atoms with Gasteiger partial charge in [-0.1, -0.05) is 28.1 Å². The van der Waals surface area contributed by atoms with E-state index in [0.717, 1.165) is 15.7 Å². The van der Waals surface area contributed by atoms with E-state index in [1.54, 1.807) is 13.8 Å². The van der Waals surface area contributed by atoms with Crippen molar-refractivity contribution in [3.05, 3.63) is 34.1 Å². The fourth-order valence-corrected chi connectivity index (χ4v) is 4.17. The van der Waals surface area contributed by atoms with E-state index in [1.807, 2.05) is 29.6 Å². The maximum atomic E-state index is 12.1. The zero-order valence-electron chi connectivity index (χ0n) is 12.9. The van der Waals surface area contributed by atoms with Gasteiger partial charge in [0.15, 0.2) is 15.0 Å². The van der Waals surface area contributed by atoms with E-state index in [-0.39, 0.29) is 0 Å². The summed E-state index contributed by atoms with van der Waals surface area (Å²) in [5.41, 5.74) is 1.64. The van der Waals surface area contributed by atoms with Crippen molar-refractivity contribution in [2.45, 2.75) is 31.3 Å². The highest BCUT2D eigenvalue weighted by Gasteiger charge is 2.31. The molecule has 2 aromatic rings. The van der Waals surface area contributed by atoms with Crippen molar-refractivity contribution in [2.75, 3.05) is 5.32 Å². The molecule has 2 rings (SSSR count). The van der Waals surface area contributed by atoms with Crippen LogP contribution in [0.5, 0.6) is 0 Å². The summed E-state index contributed by atoms with van der Waals surface area (Å²) in [6.45, 7) is 4.52. The minimum Gasteiger partial charge on any atom is -0.301 e. The van der Waals surface area contributed by atoms with Gasteiger partial charge in [-0.15, -0.1) is 11.3 Å². The molecule has 5 nitrogen and oxygen atoms in total. The van der Waals surface area contributed by atoms with Crippen molar-refractivity contribution < 1.29 is 13.2 Å². The van der Waals surface area contributed by atoms with Crippen LogP contribution < -0.4 is 5.32 Å². The van der Waals surface area contributed by atoms with Crippen LogP contribution in [0.2, 0.25) is 0 Å². The lowest BCUT2D eigenvalue weighted by Crippen LogP contribution is -2.36. The van der Waals surface area contributed by atoms with Gasteiger partial charge in [-0.05, 0) is 32.9 Å². The molecule has 8 heteroatoms. The number of nitrogens with one attached hydrogen (secondary N) is 1. The van der Waals surface area contributed by atoms with Crippen LogP contribution in [0.4, 0.5) is 5.13 Å². The van der Waals surface area contributed by atoms with Gasteiger partial charge in [0.1, 0.15) is 5.25 Å². The van der Waals surface area contributed by atoms with E-state index in [0.29, 0.717) is 5.13 Å². The molecule has 1 aromatic carbocycles. The van der Waals surface area contributed by atoms with E-state index in [1.165, 1.54) is 18.3 Å². The minimum atomic E-state index is -3.49. The van der Waals surface area contributed by atoms with Crippen molar-refractivity contribution in [3.63, 3.8) is 0 Å². The lowest BCUT2D eigenvalue weighted by molar-refractivity contribution is -0.115. The van der Waals surface area contributed by atoms with Crippen LogP contribution >= 0.6 is 27.3 Å². The minimum absolute atomic E-state index is 0.385. The third-order valence-electron chi connectivity index (χ3n) is 3.37. The lowest BCUT2D eigenvalue weighted by atomic mass is 10.2. The Morgan fingerprint density at radius 3 is 2.61 bits per heavy atom. The van der Waals surface area contributed by atoms with Gasteiger partial charge in [0, 0.05) is 15.4 Å². The Hall–Kier alpha value is -1.25. The molecular weight excluding hydrogens is 400 g/mol. The first-order valence-corrected chi connectivity index (χ1v) is 10.2. The molecule has 0 aliphatic carbocycles. The van der Waals surface area contributed by atoms with Gasteiger partial charge < -0.3 is 5.32 Å². The Morgan fingerprint density at radius 1 is 1.30 bits per heavy atom. The van der Waals surface area contributed by atoms with Crippen molar-refractivity contribution >= 4 is 48.1 Å². The summed E-state index contributed by atoms with van der Waals surface area (Å²) in [7, 11) is -3.49. The molecule has 0 radical (unpaired) electrons. The number of thiazole rings is 1. The zero-order valence-corrected chi connectivity index (χ0v) is 16.1. The summed E-state index contributed by atoms with van der Waals surface area (Å²) in [4.78, 5) is 16.5. The number of amides is 1. The molecule has 23 heavy (non-hydrogen) atoms. The number of halogens is 1. The number of carbonyl (C=O) groups excluding carboxylic acids is 1. The molecular formula is C15H17BrN2O3S2. The second-order valence-electron chi connectivity index (χ2n) is 5.32. The van der Waals surface area contributed by atoms with Crippen LogP contribution in [-0.4, -0.2) is 29.8 Å². The number of benzene rings is 1. The van der Waals surface area contributed by atoms with Gasteiger partial charge in [-0.2, -0.15) is 0 Å². The van der Waals surface area contributed by atoms with Crippen molar-refractivity contribution in [1.82, 2.24) is 4.98 Å². The zero-order chi connectivity index (χ0) is 17.2. The first-order chi connectivity index (χ1) is 10.7. The quantitative estimate of drug-likeness (QED) is 0.805. The molecule has 0 spiro atoms. The smallest absolute Gasteiger partial charge is 0.244 e. The highest BCUT2D eigenvalue weighted by molar-refractivity contribution is 9.10. The van der Waals surface area contributed by atoms with Crippen molar-refractivity contribution in [3.8, 4) is 11.3 Å². The summed E-state index contributed by atoms with van der Waals surface area (Å²) in [5.74, 6) is -0.561. The predicted molar refractivity (Wildman–Crippen MR) is 97.4 cm³/mol. The molecule has 1 atom stereocenters. The SMILES string of the molecule is CC(C)S(=O)(=O)C(C)C(=O)Nc1nc(-c2cccc(Br)c2)cs1. The monoisotopic (exact) mass is 416 g/mol. The standard InChI is InChI=1S/C15H17BrN2O3S2/c1-9(2)23(20,21)10(3)14(19)18-15-17-13(8-22-15)11-5-4-6-12(16)7-11/h4-10H,1-3H3,(H,17,18,19). The normalized spacial score (nSPS) is 13.1. The molecule has 1 unspecified atom stereocenters. The Bertz CT molecular complexity index is 816. The van der Waals surface area contributed by atoms with E-state index in [9.17, 15) is 13.2 Å². The topological polar surface area (TPSA) is 76.1 Å². The van der Waals surface area contributed by atoms with Crippen molar-refractivity contribution in [1.29, 1.82) is 0 Å². The largest absolute Gasteiger partial charge is 0.301 e. The fraction of sp³-hybridized carbons (Fsp3) is 0.333. The Balaban J connectivity index is 2.15. The molecule has 0 saturated heterocycles. The first kappa shape index (κ1) is 18.1. The van der Waals surface area contributed by atoms with Gasteiger partial charge in [-0.25, -0.2) is 13.4 Å². The third kappa shape index (κ3) is 4.19. The number of rotatable bonds is 5. The molecule has 124 valence electrons. The number of carbonyl (C=O) groups is 1. The average molecular weight is 417 g/mol. The van der Waals surface area contributed by atoms with Crippen LogP contribution in [0.1, 0.15) is 20.8 Å². The van der Waals surface area contributed by atoms with Crippen LogP contribution in [0.15, 0.2) is 34.1 Å². The van der Waals surface area contributed by atoms with E-state index in [4.69, 9.17) is 0 Å². The second kappa shape index (κ2) is 7.11. The molecule has 1 amide bonds. The van der Waals surface area contributed by atoms with Gasteiger partial charge in [0.25, 0.3) is 0 Å². The van der Waals surface area contributed by atoms with Gasteiger partial charge in [-0.3, -0.25) is 4.79 Å². The van der Waals surface area contributed by atoms with Crippen LogP contribution in [-0.2, 0) is 14.6 Å². The van der Waals surface area contributed by atoms with Crippen LogP contribution in [0, 0.1) is 0 Å². The molecule has 0 fully saturated rings. The summed E-state index contributed by atoms with van der Waals surface area (Å²) in [5, 5.41) is 3.08. The predicted octanol–water partition coefficient (Wildman–Crippen LogP) is 3.72. The summed E-state index contributed by atoms with van der Waals surface area (Å²) in [6.07, 6.45) is 0. The average Bonchev–Trinajstić information content (AvgIpc) is 2.94. The molecule has 1 aromatic heterocycles.